The normalized spacial score (nSPS) is 29.2. The van der Waals surface area contributed by atoms with Gasteiger partial charge < -0.3 is 5.73 Å². The van der Waals surface area contributed by atoms with Crippen molar-refractivity contribution in [3.05, 3.63) is 34.9 Å². The zero-order valence-electron chi connectivity index (χ0n) is 11.4. The van der Waals surface area contributed by atoms with Gasteiger partial charge in [0.1, 0.15) is 0 Å². The maximum Gasteiger partial charge on any atom is 0.0409 e. The Morgan fingerprint density at radius 3 is 2.74 bits per heavy atom. The average molecular weight is 279 g/mol. The van der Waals surface area contributed by atoms with Crippen molar-refractivity contribution < 1.29 is 0 Å². The summed E-state index contributed by atoms with van der Waals surface area (Å²) in [5.74, 6) is 0.571. The van der Waals surface area contributed by atoms with Gasteiger partial charge in [0.15, 0.2) is 0 Å². The van der Waals surface area contributed by atoms with E-state index >= 15 is 0 Å². The van der Waals surface area contributed by atoms with E-state index in [-0.39, 0.29) is 0 Å². The molecule has 1 aliphatic heterocycles. The maximum absolute atomic E-state index is 6.19. The zero-order chi connectivity index (χ0) is 13.2. The van der Waals surface area contributed by atoms with Crippen molar-refractivity contribution in [3.8, 4) is 0 Å². The summed E-state index contributed by atoms with van der Waals surface area (Å²) in [5.41, 5.74) is 7.42. The van der Waals surface area contributed by atoms with E-state index in [1.54, 1.807) is 0 Å². The lowest BCUT2D eigenvalue weighted by molar-refractivity contribution is 0.149. The fraction of sp³-hybridized carbons (Fsp3) is 0.625. The zero-order valence-corrected chi connectivity index (χ0v) is 12.1. The standard InChI is InChI=1S/C16H23ClN2/c17-14-6-3-5-12(10-14)16-13(11-18)4-1-2-9-19(16)15-7-8-15/h3,5-6,10,13,15-16H,1-2,4,7-9,11,18H2. The second-order valence-electron chi connectivity index (χ2n) is 5.96. The van der Waals surface area contributed by atoms with Gasteiger partial charge in [-0.1, -0.05) is 30.2 Å². The minimum atomic E-state index is 0.471. The molecule has 1 aromatic rings. The van der Waals surface area contributed by atoms with E-state index in [2.05, 4.69) is 23.1 Å². The van der Waals surface area contributed by atoms with E-state index < -0.39 is 0 Å². The number of hydrogen-bond acceptors (Lipinski definition) is 2. The van der Waals surface area contributed by atoms with Crippen molar-refractivity contribution in [1.29, 1.82) is 0 Å². The lowest BCUT2D eigenvalue weighted by Gasteiger charge is -2.35. The van der Waals surface area contributed by atoms with Gasteiger partial charge in [0.25, 0.3) is 0 Å². The number of likely N-dealkylation sites (tertiary alicyclic amines) is 1. The molecule has 0 bridgehead atoms. The first-order chi connectivity index (χ1) is 9.29. The van der Waals surface area contributed by atoms with Crippen LogP contribution in [0.3, 0.4) is 0 Å². The molecule has 19 heavy (non-hydrogen) atoms. The molecular weight excluding hydrogens is 256 g/mol. The Morgan fingerprint density at radius 2 is 2.05 bits per heavy atom. The van der Waals surface area contributed by atoms with Gasteiger partial charge in [-0.3, -0.25) is 4.90 Å². The van der Waals surface area contributed by atoms with Crippen molar-refractivity contribution in [1.82, 2.24) is 4.90 Å². The summed E-state index contributed by atoms with van der Waals surface area (Å²) in [6, 6.07) is 9.65. The molecule has 3 rings (SSSR count). The molecule has 0 radical (unpaired) electrons. The highest BCUT2D eigenvalue weighted by Crippen LogP contribution is 2.42. The average Bonchev–Trinajstić information content (AvgIpc) is 3.24. The minimum absolute atomic E-state index is 0.471. The van der Waals surface area contributed by atoms with Gasteiger partial charge in [-0.2, -0.15) is 0 Å². The SMILES string of the molecule is NCC1CCCCN(C2CC2)C1c1cccc(Cl)c1. The van der Waals surface area contributed by atoms with Crippen LogP contribution in [0, 0.1) is 5.92 Å². The van der Waals surface area contributed by atoms with Gasteiger partial charge in [0.05, 0.1) is 0 Å². The van der Waals surface area contributed by atoms with Crippen LogP contribution < -0.4 is 5.73 Å². The molecule has 2 fully saturated rings. The van der Waals surface area contributed by atoms with E-state index in [4.69, 9.17) is 17.3 Å². The van der Waals surface area contributed by atoms with E-state index in [9.17, 15) is 0 Å². The highest BCUT2D eigenvalue weighted by molar-refractivity contribution is 6.30. The number of halogens is 1. The van der Waals surface area contributed by atoms with Gasteiger partial charge in [-0.25, -0.2) is 0 Å². The summed E-state index contributed by atoms with van der Waals surface area (Å²) in [5, 5.41) is 0.841. The second kappa shape index (κ2) is 5.82. The molecular formula is C16H23ClN2. The smallest absolute Gasteiger partial charge is 0.0409 e. The number of rotatable bonds is 3. The summed E-state index contributed by atoms with van der Waals surface area (Å²) >= 11 is 6.19. The van der Waals surface area contributed by atoms with Crippen LogP contribution in [-0.4, -0.2) is 24.0 Å². The van der Waals surface area contributed by atoms with Crippen molar-refractivity contribution in [2.75, 3.05) is 13.1 Å². The first-order valence-electron chi connectivity index (χ1n) is 7.51. The predicted octanol–water partition coefficient (Wildman–Crippen LogP) is 3.60. The topological polar surface area (TPSA) is 29.3 Å². The molecule has 2 N–H and O–H groups in total. The van der Waals surface area contributed by atoms with E-state index in [0.717, 1.165) is 17.6 Å². The summed E-state index contributed by atoms with van der Waals surface area (Å²) in [4.78, 5) is 2.70. The molecule has 104 valence electrons. The van der Waals surface area contributed by atoms with Crippen molar-refractivity contribution in [2.45, 2.75) is 44.2 Å². The fourth-order valence-corrected chi connectivity index (χ4v) is 3.68. The second-order valence-corrected chi connectivity index (χ2v) is 6.40. The van der Waals surface area contributed by atoms with Crippen LogP contribution in [0.1, 0.15) is 43.7 Å². The highest BCUT2D eigenvalue weighted by Gasteiger charge is 2.38. The predicted molar refractivity (Wildman–Crippen MR) is 80.3 cm³/mol. The molecule has 2 nitrogen and oxygen atoms in total. The van der Waals surface area contributed by atoms with Crippen LogP contribution in [0.25, 0.3) is 0 Å². The number of hydrogen-bond donors (Lipinski definition) is 1. The number of nitrogens with zero attached hydrogens (tertiary/aromatic N) is 1. The molecule has 0 spiro atoms. The Kier molecular flexibility index (Phi) is 4.11. The first kappa shape index (κ1) is 13.4. The monoisotopic (exact) mass is 278 g/mol. The minimum Gasteiger partial charge on any atom is -0.330 e. The lowest BCUT2D eigenvalue weighted by Crippen LogP contribution is -2.37. The largest absolute Gasteiger partial charge is 0.330 e. The first-order valence-corrected chi connectivity index (χ1v) is 7.88. The Morgan fingerprint density at radius 1 is 1.21 bits per heavy atom. The Balaban J connectivity index is 1.94. The Bertz CT molecular complexity index is 431. The van der Waals surface area contributed by atoms with Gasteiger partial charge in [-0.15, -0.1) is 0 Å². The number of nitrogens with two attached hydrogens (primary N) is 1. The third-order valence-corrected chi connectivity index (χ3v) is 4.79. The van der Waals surface area contributed by atoms with Crippen LogP contribution in [0.5, 0.6) is 0 Å². The Labute approximate surface area is 120 Å². The van der Waals surface area contributed by atoms with Crippen LogP contribution in [0.2, 0.25) is 5.02 Å². The molecule has 1 saturated heterocycles. The van der Waals surface area contributed by atoms with Crippen LogP contribution in [0.4, 0.5) is 0 Å². The summed E-state index contributed by atoms with van der Waals surface area (Å²) < 4.78 is 0. The molecule has 2 aliphatic rings. The van der Waals surface area contributed by atoms with Gasteiger partial charge in [0, 0.05) is 17.1 Å². The van der Waals surface area contributed by atoms with Crippen molar-refractivity contribution in [2.24, 2.45) is 11.7 Å². The molecule has 2 atom stereocenters. The number of benzene rings is 1. The van der Waals surface area contributed by atoms with Gasteiger partial charge in [0.2, 0.25) is 0 Å². The Hall–Kier alpha value is -0.570. The maximum atomic E-state index is 6.19. The third kappa shape index (κ3) is 2.96. The lowest BCUT2D eigenvalue weighted by atomic mass is 9.89. The molecule has 1 aliphatic carbocycles. The quantitative estimate of drug-likeness (QED) is 0.915. The summed E-state index contributed by atoms with van der Waals surface area (Å²) in [7, 11) is 0. The molecule has 1 heterocycles. The molecule has 1 saturated carbocycles. The molecule has 0 aromatic heterocycles. The van der Waals surface area contributed by atoms with E-state index in [1.807, 2.05) is 6.07 Å². The van der Waals surface area contributed by atoms with E-state index in [0.29, 0.717) is 12.0 Å². The summed E-state index contributed by atoms with van der Waals surface area (Å²) in [6.07, 6.45) is 6.58. The molecule has 1 aromatic carbocycles. The highest BCUT2D eigenvalue weighted by atomic mass is 35.5. The summed E-state index contributed by atoms with van der Waals surface area (Å²) in [6.45, 7) is 2.00. The van der Waals surface area contributed by atoms with Crippen LogP contribution in [-0.2, 0) is 0 Å². The van der Waals surface area contributed by atoms with Gasteiger partial charge in [-0.05, 0) is 62.4 Å². The van der Waals surface area contributed by atoms with E-state index in [1.165, 1.54) is 44.2 Å². The third-order valence-electron chi connectivity index (χ3n) is 4.55. The van der Waals surface area contributed by atoms with Crippen LogP contribution >= 0.6 is 11.6 Å². The van der Waals surface area contributed by atoms with Crippen LogP contribution in [0.15, 0.2) is 24.3 Å². The van der Waals surface area contributed by atoms with Gasteiger partial charge >= 0.3 is 0 Å². The van der Waals surface area contributed by atoms with Crippen molar-refractivity contribution in [3.63, 3.8) is 0 Å². The molecule has 3 heteroatoms. The van der Waals surface area contributed by atoms with Crippen molar-refractivity contribution >= 4 is 11.6 Å². The molecule has 0 amide bonds. The fourth-order valence-electron chi connectivity index (χ4n) is 3.49. The molecule has 2 unspecified atom stereocenters.